The number of ether oxygens (including phenoxy) is 1. The molecule has 3 heterocycles. The molecule has 2 amide bonds. The van der Waals surface area contributed by atoms with E-state index in [1.165, 1.54) is 17.1 Å². The number of rotatable bonds is 6. The van der Waals surface area contributed by atoms with Crippen molar-refractivity contribution >= 4 is 29.1 Å². The normalized spacial score (nSPS) is 19.4. The second kappa shape index (κ2) is 8.49. The molecule has 0 spiro atoms. The van der Waals surface area contributed by atoms with Crippen molar-refractivity contribution < 1.29 is 23.2 Å². The lowest BCUT2D eigenvalue weighted by atomic mass is 10.1. The molecule has 0 N–H and O–H groups in total. The van der Waals surface area contributed by atoms with E-state index < -0.39 is 29.7 Å². The number of anilines is 1. The van der Waals surface area contributed by atoms with Crippen LogP contribution in [0.1, 0.15) is 19.7 Å². The van der Waals surface area contributed by atoms with Crippen molar-refractivity contribution in [3.05, 3.63) is 59.2 Å². The minimum atomic E-state index is -1.02. The Morgan fingerprint density at radius 1 is 1.15 bits per heavy atom. The van der Waals surface area contributed by atoms with Crippen LogP contribution in [0.25, 0.3) is 11.4 Å². The van der Waals surface area contributed by atoms with Crippen molar-refractivity contribution in [1.29, 1.82) is 0 Å². The molecule has 2 atom stereocenters. The van der Waals surface area contributed by atoms with Gasteiger partial charge in [-0.05, 0) is 56.3 Å². The maximum atomic E-state index is 13.5. The van der Waals surface area contributed by atoms with Gasteiger partial charge in [0.15, 0.2) is 12.1 Å². The van der Waals surface area contributed by atoms with Gasteiger partial charge in [0.2, 0.25) is 11.7 Å². The molecule has 5 rings (SSSR count). The van der Waals surface area contributed by atoms with Gasteiger partial charge in [0, 0.05) is 5.56 Å². The summed E-state index contributed by atoms with van der Waals surface area (Å²) in [5.41, 5.74) is 0.884. The summed E-state index contributed by atoms with van der Waals surface area (Å²) in [6.45, 7) is 3.86. The highest BCUT2D eigenvalue weighted by Crippen LogP contribution is 2.34. The predicted molar refractivity (Wildman–Crippen MR) is 117 cm³/mol. The van der Waals surface area contributed by atoms with Gasteiger partial charge >= 0.3 is 0 Å². The molecule has 3 aromatic rings. The summed E-state index contributed by atoms with van der Waals surface area (Å²) >= 11 is 5.82. The number of halogens is 2. The number of amides is 2. The molecule has 34 heavy (non-hydrogen) atoms. The fourth-order valence-electron chi connectivity index (χ4n) is 3.76. The summed E-state index contributed by atoms with van der Waals surface area (Å²) in [6.07, 6.45) is 0.0576. The van der Waals surface area contributed by atoms with Gasteiger partial charge in [0.25, 0.3) is 11.8 Å². The Morgan fingerprint density at radius 3 is 2.62 bits per heavy atom. The first-order valence-electron chi connectivity index (χ1n) is 10.4. The number of carbonyl (C=O) groups is 2. The largest absolute Gasteiger partial charge is 0.491 e. The quantitative estimate of drug-likeness (QED) is 0.489. The third kappa shape index (κ3) is 3.87. The van der Waals surface area contributed by atoms with Crippen LogP contribution in [-0.2, 0) is 16.1 Å². The molecule has 1 aromatic heterocycles. The minimum absolute atomic E-state index is 0.0246. The molecule has 2 aromatic carbocycles. The van der Waals surface area contributed by atoms with Crippen molar-refractivity contribution in [3.63, 3.8) is 0 Å². The van der Waals surface area contributed by atoms with Gasteiger partial charge in [-0.1, -0.05) is 22.0 Å². The number of fused-ring (bicyclic) bond motifs is 1. The summed E-state index contributed by atoms with van der Waals surface area (Å²) in [7, 11) is 0. The van der Waals surface area contributed by atoms with E-state index in [9.17, 15) is 14.0 Å². The molecular weight excluding hydrogens is 467 g/mol. The second-order valence-electron chi connectivity index (χ2n) is 8.01. The van der Waals surface area contributed by atoms with E-state index in [0.29, 0.717) is 5.82 Å². The number of nitrogens with zero attached hydrogens (tertiary/aromatic N) is 6. The second-order valence-corrected chi connectivity index (χ2v) is 8.41. The highest BCUT2D eigenvalue weighted by molar-refractivity contribution is 6.32. The van der Waals surface area contributed by atoms with E-state index in [1.807, 2.05) is 38.1 Å². The van der Waals surface area contributed by atoms with Crippen LogP contribution in [0.3, 0.4) is 0 Å². The Bertz CT molecular complexity index is 1290. The molecule has 12 heteroatoms. The summed E-state index contributed by atoms with van der Waals surface area (Å²) in [5.74, 6) is -0.500. The van der Waals surface area contributed by atoms with Crippen LogP contribution in [0.4, 0.5) is 10.1 Å². The van der Waals surface area contributed by atoms with Crippen molar-refractivity contribution in [1.82, 2.24) is 15.1 Å². The van der Waals surface area contributed by atoms with Crippen LogP contribution in [0, 0.1) is 5.82 Å². The predicted octanol–water partition coefficient (Wildman–Crippen LogP) is 3.81. The van der Waals surface area contributed by atoms with Gasteiger partial charge < -0.3 is 9.26 Å². The summed E-state index contributed by atoms with van der Waals surface area (Å²) < 4.78 is 24.5. The number of imide groups is 1. The zero-order valence-electron chi connectivity index (χ0n) is 18.1. The van der Waals surface area contributed by atoms with Crippen molar-refractivity contribution in [2.45, 2.75) is 38.6 Å². The number of hydrogen-bond acceptors (Lipinski definition) is 9. The first kappa shape index (κ1) is 22.0. The summed E-state index contributed by atoms with van der Waals surface area (Å²) in [6, 6.07) is 8.86. The fraction of sp³-hybridized carbons (Fsp3) is 0.273. The van der Waals surface area contributed by atoms with Gasteiger partial charge in [0.1, 0.15) is 18.1 Å². The van der Waals surface area contributed by atoms with E-state index in [-0.39, 0.29) is 29.2 Å². The topological polar surface area (TPSA) is 113 Å². The molecule has 174 valence electrons. The van der Waals surface area contributed by atoms with Gasteiger partial charge in [-0.3, -0.25) is 14.6 Å². The Balaban J connectivity index is 1.31. The third-order valence-electron chi connectivity index (χ3n) is 5.27. The molecule has 1 fully saturated rings. The van der Waals surface area contributed by atoms with E-state index in [0.717, 1.165) is 22.3 Å². The Morgan fingerprint density at radius 2 is 1.91 bits per heavy atom. The van der Waals surface area contributed by atoms with Gasteiger partial charge in [-0.15, -0.1) is 0 Å². The van der Waals surface area contributed by atoms with Crippen LogP contribution in [-0.4, -0.2) is 45.2 Å². The Labute approximate surface area is 197 Å². The first-order chi connectivity index (χ1) is 16.3. The molecule has 1 saturated heterocycles. The van der Waals surface area contributed by atoms with Crippen molar-refractivity contribution in [2.24, 2.45) is 10.3 Å². The average Bonchev–Trinajstić information content (AvgIpc) is 3.49. The molecule has 0 unspecified atom stereocenters. The fourth-order valence-corrected chi connectivity index (χ4v) is 3.94. The number of carbonyl (C=O) groups excluding carboxylic acids is 2. The van der Waals surface area contributed by atoms with Crippen LogP contribution in [0.5, 0.6) is 5.75 Å². The lowest BCUT2D eigenvalue weighted by molar-refractivity contribution is -0.123. The summed E-state index contributed by atoms with van der Waals surface area (Å²) in [5, 5.41) is 13.0. The molecule has 0 radical (unpaired) electrons. The highest BCUT2D eigenvalue weighted by Gasteiger charge is 2.55. The zero-order valence-corrected chi connectivity index (χ0v) is 18.8. The minimum Gasteiger partial charge on any atom is -0.491 e. The zero-order chi connectivity index (χ0) is 24.0. The summed E-state index contributed by atoms with van der Waals surface area (Å²) in [4.78, 5) is 31.2. The van der Waals surface area contributed by atoms with Crippen molar-refractivity contribution in [3.8, 4) is 17.1 Å². The number of hydrogen-bond donors (Lipinski definition) is 0. The average molecular weight is 485 g/mol. The monoisotopic (exact) mass is 484 g/mol. The molecule has 0 aliphatic carbocycles. The molecule has 0 bridgehead atoms. The van der Waals surface area contributed by atoms with E-state index in [4.69, 9.17) is 20.9 Å². The van der Waals surface area contributed by atoms with Gasteiger partial charge in [-0.25, -0.2) is 9.29 Å². The van der Waals surface area contributed by atoms with Gasteiger partial charge in [0.05, 0.1) is 16.8 Å². The lowest BCUT2D eigenvalue weighted by Gasteiger charge is -2.19. The van der Waals surface area contributed by atoms with Crippen LogP contribution >= 0.6 is 11.6 Å². The van der Waals surface area contributed by atoms with Crippen LogP contribution in [0.2, 0.25) is 5.02 Å². The van der Waals surface area contributed by atoms with Gasteiger partial charge in [-0.2, -0.15) is 10.1 Å². The number of aromatic nitrogens is 2. The van der Waals surface area contributed by atoms with E-state index in [2.05, 4.69) is 20.5 Å². The van der Waals surface area contributed by atoms with Crippen LogP contribution < -0.4 is 9.64 Å². The van der Waals surface area contributed by atoms with Crippen molar-refractivity contribution in [2.75, 3.05) is 4.90 Å². The Hall–Kier alpha value is -3.86. The lowest BCUT2D eigenvalue weighted by Crippen LogP contribution is -2.39. The first-order valence-corrected chi connectivity index (χ1v) is 10.8. The highest BCUT2D eigenvalue weighted by atomic mass is 35.5. The molecule has 2 aliphatic heterocycles. The maximum absolute atomic E-state index is 13.5. The smallest absolute Gasteiger partial charge is 0.263 e. The molecule has 2 aliphatic rings. The van der Waals surface area contributed by atoms with E-state index in [1.54, 1.807) is 0 Å². The molecule has 0 saturated carbocycles. The van der Waals surface area contributed by atoms with E-state index >= 15 is 0 Å². The maximum Gasteiger partial charge on any atom is 0.263 e. The van der Waals surface area contributed by atoms with Crippen LogP contribution in [0.15, 0.2) is 57.3 Å². The SMILES string of the molecule is CC(C)Oc1ccc(-c2noc(CN3N=N[C@@H]4C(=O)N(c5ccc(F)c(Cl)c5)C(=O)[C@@H]43)n2)cc1. The molecular formula is C22H18ClFN6O4. The number of benzene rings is 2. The molecule has 10 nitrogen and oxygen atoms in total. The third-order valence-corrected chi connectivity index (χ3v) is 5.56. The Kier molecular flexibility index (Phi) is 5.48. The standard InChI is InChI=1S/C22H18ClFN6O4/c1-11(2)33-14-6-3-12(4-7-14)20-25-17(34-27-20)10-29-19-18(26-28-29)21(31)30(22(19)32)13-5-8-16(24)15(23)9-13/h3-9,11,18-19H,10H2,1-2H3/t18-,19+/m0/s1.